The van der Waals surface area contributed by atoms with Crippen molar-refractivity contribution >= 4 is 6.09 Å². The number of aryl methyl sites for hydroxylation is 1. The van der Waals surface area contributed by atoms with Crippen LogP contribution in [0.1, 0.15) is 11.5 Å². The van der Waals surface area contributed by atoms with Gasteiger partial charge >= 0.3 is 6.09 Å². The van der Waals surface area contributed by atoms with Crippen LogP contribution in [0.2, 0.25) is 0 Å². The standard InChI is InChI=1S/C18H17N3O3/c1-13-6-5-7-14(12-13)17-20-16(24-21-17)10-11-19-18(22)23-15-8-3-2-4-9-15/h2-9,12H,10-11H2,1H3,(H,19,22). The second-order valence-corrected chi connectivity index (χ2v) is 5.26. The van der Waals surface area contributed by atoms with E-state index in [1.807, 2.05) is 37.3 Å². The fourth-order valence-corrected chi connectivity index (χ4v) is 2.16. The number of hydrogen-bond acceptors (Lipinski definition) is 5. The SMILES string of the molecule is Cc1cccc(-c2noc(CCNC(=O)Oc3ccccc3)n2)c1. The molecule has 1 heterocycles. The molecule has 0 aliphatic heterocycles. The van der Waals surface area contributed by atoms with Crippen molar-refractivity contribution < 1.29 is 14.1 Å². The van der Waals surface area contributed by atoms with Crippen LogP contribution in [-0.4, -0.2) is 22.8 Å². The van der Waals surface area contributed by atoms with Crippen molar-refractivity contribution in [2.24, 2.45) is 0 Å². The molecule has 0 radical (unpaired) electrons. The highest BCUT2D eigenvalue weighted by molar-refractivity contribution is 5.70. The van der Waals surface area contributed by atoms with Gasteiger partial charge in [0.25, 0.3) is 0 Å². The van der Waals surface area contributed by atoms with Gasteiger partial charge in [0.1, 0.15) is 5.75 Å². The van der Waals surface area contributed by atoms with Gasteiger partial charge in [0.2, 0.25) is 11.7 Å². The molecule has 3 aromatic rings. The summed E-state index contributed by atoms with van der Waals surface area (Å²) in [6.07, 6.45) is -0.0810. The van der Waals surface area contributed by atoms with Crippen molar-refractivity contribution in [1.82, 2.24) is 15.5 Å². The zero-order valence-electron chi connectivity index (χ0n) is 13.2. The van der Waals surface area contributed by atoms with E-state index in [-0.39, 0.29) is 0 Å². The predicted molar refractivity (Wildman–Crippen MR) is 88.6 cm³/mol. The summed E-state index contributed by atoms with van der Waals surface area (Å²) < 4.78 is 10.3. The van der Waals surface area contributed by atoms with Gasteiger partial charge in [0.15, 0.2) is 0 Å². The van der Waals surface area contributed by atoms with Crippen LogP contribution in [0.15, 0.2) is 59.1 Å². The lowest BCUT2D eigenvalue weighted by Crippen LogP contribution is -2.28. The molecule has 0 atom stereocenters. The Morgan fingerprint density at radius 1 is 1.17 bits per heavy atom. The van der Waals surface area contributed by atoms with Crippen molar-refractivity contribution in [3.05, 3.63) is 66.1 Å². The van der Waals surface area contributed by atoms with E-state index in [1.54, 1.807) is 24.3 Å². The van der Waals surface area contributed by atoms with E-state index in [9.17, 15) is 4.79 Å². The summed E-state index contributed by atoms with van der Waals surface area (Å²) in [4.78, 5) is 16.0. The van der Waals surface area contributed by atoms with Gasteiger partial charge in [-0.05, 0) is 25.1 Å². The summed E-state index contributed by atoms with van der Waals surface area (Å²) in [5.41, 5.74) is 2.03. The minimum atomic E-state index is -0.514. The number of nitrogens with zero attached hydrogens (tertiary/aromatic N) is 2. The lowest BCUT2D eigenvalue weighted by atomic mass is 10.1. The molecular weight excluding hydrogens is 306 g/mol. The lowest BCUT2D eigenvalue weighted by Gasteiger charge is -2.04. The Hall–Kier alpha value is -3.15. The number of amides is 1. The third-order valence-corrected chi connectivity index (χ3v) is 3.31. The Labute approximate surface area is 139 Å². The van der Waals surface area contributed by atoms with Crippen LogP contribution in [0.5, 0.6) is 5.75 Å². The van der Waals surface area contributed by atoms with Crippen molar-refractivity contribution in [1.29, 1.82) is 0 Å². The topological polar surface area (TPSA) is 77.2 Å². The smallest absolute Gasteiger partial charge is 0.410 e. The molecule has 0 aliphatic rings. The number of aromatic nitrogens is 2. The highest BCUT2D eigenvalue weighted by atomic mass is 16.6. The van der Waals surface area contributed by atoms with E-state index < -0.39 is 6.09 Å². The summed E-state index contributed by atoms with van der Waals surface area (Å²) in [7, 11) is 0. The van der Waals surface area contributed by atoms with Gasteiger partial charge in [-0.2, -0.15) is 4.98 Å². The number of rotatable bonds is 5. The Morgan fingerprint density at radius 2 is 2.00 bits per heavy atom. The molecule has 0 bridgehead atoms. The number of carbonyl (C=O) groups is 1. The van der Waals surface area contributed by atoms with Gasteiger partial charge in [-0.3, -0.25) is 0 Å². The molecule has 1 aromatic heterocycles. The Balaban J connectivity index is 1.50. The second-order valence-electron chi connectivity index (χ2n) is 5.26. The van der Waals surface area contributed by atoms with E-state index in [2.05, 4.69) is 15.5 Å². The van der Waals surface area contributed by atoms with Crippen LogP contribution >= 0.6 is 0 Å². The van der Waals surface area contributed by atoms with Gasteiger partial charge < -0.3 is 14.6 Å². The maximum atomic E-state index is 11.7. The molecule has 0 spiro atoms. The molecule has 0 aliphatic carbocycles. The third-order valence-electron chi connectivity index (χ3n) is 3.31. The molecule has 1 N–H and O–H groups in total. The van der Waals surface area contributed by atoms with Gasteiger partial charge in [-0.25, -0.2) is 4.79 Å². The zero-order valence-corrected chi connectivity index (χ0v) is 13.2. The van der Waals surface area contributed by atoms with E-state index in [0.717, 1.165) is 11.1 Å². The van der Waals surface area contributed by atoms with Crippen LogP contribution in [-0.2, 0) is 6.42 Å². The summed E-state index contributed by atoms with van der Waals surface area (Å²) in [6, 6.07) is 16.8. The first-order chi connectivity index (χ1) is 11.7. The number of ether oxygens (including phenoxy) is 1. The van der Waals surface area contributed by atoms with E-state index in [4.69, 9.17) is 9.26 Å². The predicted octanol–water partition coefficient (Wildman–Crippen LogP) is 3.38. The number of para-hydroxylation sites is 1. The highest BCUT2D eigenvalue weighted by Gasteiger charge is 2.09. The molecule has 2 aromatic carbocycles. The molecule has 6 nitrogen and oxygen atoms in total. The average molecular weight is 323 g/mol. The first kappa shape index (κ1) is 15.7. The summed E-state index contributed by atoms with van der Waals surface area (Å²) in [5, 5.41) is 6.61. The molecule has 0 fully saturated rings. The first-order valence-corrected chi connectivity index (χ1v) is 7.61. The van der Waals surface area contributed by atoms with Gasteiger partial charge in [-0.15, -0.1) is 0 Å². The van der Waals surface area contributed by atoms with Crippen LogP contribution in [0, 0.1) is 6.92 Å². The molecule has 1 amide bonds. The Kier molecular flexibility index (Phi) is 4.86. The monoisotopic (exact) mass is 323 g/mol. The summed E-state index contributed by atoms with van der Waals surface area (Å²) in [5.74, 6) is 1.50. The summed E-state index contributed by atoms with van der Waals surface area (Å²) in [6.45, 7) is 2.36. The quantitative estimate of drug-likeness (QED) is 0.779. The third kappa shape index (κ3) is 4.19. The maximum Gasteiger partial charge on any atom is 0.412 e. The molecule has 0 unspecified atom stereocenters. The molecular formula is C18H17N3O3. The Morgan fingerprint density at radius 3 is 2.79 bits per heavy atom. The van der Waals surface area contributed by atoms with Crippen molar-refractivity contribution in [3.8, 4) is 17.1 Å². The Bertz CT molecular complexity index is 815. The zero-order chi connectivity index (χ0) is 16.8. The minimum Gasteiger partial charge on any atom is -0.410 e. The van der Waals surface area contributed by atoms with Crippen molar-refractivity contribution in [3.63, 3.8) is 0 Å². The van der Waals surface area contributed by atoms with E-state index >= 15 is 0 Å². The fourth-order valence-electron chi connectivity index (χ4n) is 2.16. The number of benzene rings is 2. The van der Waals surface area contributed by atoms with Gasteiger partial charge in [-0.1, -0.05) is 47.1 Å². The maximum absolute atomic E-state index is 11.7. The molecule has 0 saturated carbocycles. The molecule has 122 valence electrons. The van der Waals surface area contributed by atoms with E-state index in [1.165, 1.54) is 0 Å². The minimum absolute atomic E-state index is 0.348. The molecule has 0 saturated heterocycles. The average Bonchev–Trinajstić information content (AvgIpc) is 3.05. The molecule has 24 heavy (non-hydrogen) atoms. The molecule has 6 heteroatoms. The van der Waals surface area contributed by atoms with Crippen molar-refractivity contribution in [2.45, 2.75) is 13.3 Å². The molecule has 3 rings (SSSR count). The normalized spacial score (nSPS) is 10.4. The van der Waals surface area contributed by atoms with Gasteiger partial charge in [0, 0.05) is 18.5 Å². The number of nitrogens with one attached hydrogen (secondary N) is 1. The lowest BCUT2D eigenvalue weighted by molar-refractivity contribution is 0.200. The van der Waals surface area contributed by atoms with Crippen LogP contribution in [0.25, 0.3) is 11.4 Å². The first-order valence-electron chi connectivity index (χ1n) is 7.61. The highest BCUT2D eigenvalue weighted by Crippen LogP contribution is 2.17. The van der Waals surface area contributed by atoms with Crippen molar-refractivity contribution in [2.75, 3.05) is 6.54 Å². The van der Waals surface area contributed by atoms with Crippen LogP contribution < -0.4 is 10.1 Å². The second kappa shape index (κ2) is 7.41. The van der Waals surface area contributed by atoms with Gasteiger partial charge in [0.05, 0.1) is 0 Å². The van der Waals surface area contributed by atoms with Crippen LogP contribution in [0.3, 0.4) is 0 Å². The fraction of sp³-hybridized carbons (Fsp3) is 0.167. The number of carbonyl (C=O) groups excluding carboxylic acids is 1. The van der Waals surface area contributed by atoms with E-state index in [0.29, 0.717) is 30.4 Å². The number of hydrogen-bond donors (Lipinski definition) is 1. The summed E-state index contributed by atoms with van der Waals surface area (Å²) >= 11 is 0. The largest absolute Gasteiger partial charge is 0.412 e. The van der Waals surface area contributed by atoms with Crippen LogP contribution in [0.4, 0.5) is 4.79 Å².